The van der Waals surface area contributed by atoms with Crippen LogP contribution in [0, 0.1) is 11.7 Å². The Morgan fingerprint density at radius 3 is 2.70 bits per heavy atom. The first-order valence-electron chi connectivity index (χ1n) is 10.8. The van der Waals surface area contributed by atoms with Crippen LogP contribution < -0.4 is 9.47 Å². The molecule has 33 heavy (non-hydrogen) atoms. The molecule has 0 bridgehead atoms. The van der Waals surface area contributed by atoms with Crippen molar-refractivity contribution in [1.82, 2.24) is 4.98 Å². The Morgan fingerprint density at radius 2 is 2.00 bits per heavy atom. The summed E-state index contributed by atoms with van der Waals surface area (Å²) in [4.78, 5) is 16.3. The number of carbonyl (C=O) groups is 1. The van der Waals surface area contributed by atoms with E-state index in [0.29, 0.717) is 28.2 Å². The fourth-order valence-corrected chi connectivity index (χ4v) is 3.99. The second-order valence-corrected chi connectivity index (χ2v) is 8.09. The highest BCUT2D eigenvalue weighted by atomic mass is 19.1. The summed E-state index contributed by atoms with van der Waals surface area (Å²) in [7, 11) is 2.84. The largest absolute Gasteiger partial charge is 0.497 e. The molecule has 0 spiro atoms. The van der Waals surface area contributed by atoms with Gasteiger partial charge in [-0.1, -0.05) is 18.2 Å². The maximum atomic E-state index is 14.3. The van der Waals surface area contributed by atoms with Gasteiger partial charge in [-0.05, 0) is 61.2 Å². The van der Waals surface area contributed by atoms with Crippen molar-refractivity contribution in [1.29, 1.82) is 0 Å². The molecular formula is C26H26FNO5. The molecule has 172 valence electrons. The van der Waals surface area contributed by atoms with E-state index in [9.17, 15) is 14.3 Å². The lowest BCUT2D eigenvalue weighted by Gasteiger charge is -2.27. The summed E-state index contributed by atoms with van der Waals surface area (Å²) in [5.41, 5.74) is 3.42. The first-order valence-corrected chi connectivity index (χ1v) is 10.8. The molecular weight excluding hydrogens is 425 g/mol. The molecule has 0 saturated carbocycles. The van der Waals surface area contributed by atoms with E-state index in [2.05, 4.69) is 4.98 Å². The highest BCUT2D eigenvalue weighted by molar-refractivity contribution is 5.72. The Bertz CT molecular complexity index is 1150. The van der Waals surface area contributed by atoms with Gasteiger partial charge in [-0.25, -0.2) is 4.39 Å². The molecule has 3 aromatic rings. The Kier molecular flexibility index (Phi) is 6.60. The molecule has 0 amide bonds. The summed E-state index contributed by atoms with van der Waals surface area (Å²) < 4.78 is 30.4. The lowest BCUT2D eigenvalue weighted by atomic mass is 9.93. The average Bonchev–Trinajstić information content (AvgIpc) is 2.87. The van der Waals surface area contributed by atoms with Crippen molar-refractivity contribution < 1.29 is 28.5 Å². The molecule has 4 rings (SSSR count). The van der Waals surface area contributed by atoms with Crippen LogP contribution in [0.5, 0.6) is 11.5 Å². The minimum atomic E-state index is -0.998. The smallest absolute Gasteiger partial charge is 0.311 e. The van der Waals surface area contributed by atoms with E-state index in [0.717, 1.165) is 24.1 Å². The van der Waals surface area contributed by atoms with Crippen LogP contribution in [-0.4, -0.2) is 30.3 Å². The van der Waals surface area contributed by atoms with Gasteiger partial charge in [0.25, 0.3) is 0 Å². The third-order valence-electron chi connectivity index (χ3n) is 6.03. The van der Waals surface area contributed by atoms with E-state index in [4.69, 9.17) is 14.2 Å². The van der Waals surface area contributed by atoms with Gasteiger partial charge in [-0.2, -0.15) is 0 Å². The second kappa shape index (κ2) is 9.58. The number of nitrogens with zero attached hydrogens (tertiary/aromatic N) is 1. The molecule has 0 aliphatic carbocycles. The number of aliphatic hydroxyl groups is 1. The predicted molar refractivity (Wildman–Crippen MR) is 120 cm³/mol. The van der Waals surface area contributed by atoms with Gasteiger partial charge < -0.3 is 19.3 Å². The molecule has 6 nitrogen and oxygen atoms in total. The number of halogens is 1. The summed E-state index contributed by atoms with van der Waals surface area (Å²) in [6, 6.07) is 13.7. The van der Waals surface area contributed by atoms with Gasteiger partial charge in [0.1, 0.15) is 23.4 Å². The van der Waals surface area contributed by atoms with E-state index in [1.807, 2.05) is 24.3 Å². The monoisotopic (exact) mass is 451 g/mol. The molecule has 2 heterocycles. The van der Waals surface area contributed by atoms with Crippen molar-refractivity contribution in [2.45, 2.75) is 32.0 Å². The van der Waals surface area contributed by atoms with E-state index in [1.54, 1.807) is 31.3 Å². The molecule has 1 aliphatic rings. The first-order chi connectivity index (χ1) is 15.9. The van der Waals surface area contributed by atoms with Gasteiger partial charge in [0.05, 0.1) is 31.9 Å². The third-order valence-corrected chi connectivity index (χ3v) is 6.03. The molecule has 1 unspecified atom stereocenters. The van der Waals surface area contributed by atoms with E-state index in [1.165, 1.54) is 20.3 Å². The molecule has 3 atom stereocenters. The topological polar surface area (TPSA) is 77.9 Å². The number of benzene rings is 2. The number of fused-ring (bicyclic) bond motifs is 1. The maximum Gasteiger partial charge on any atom is 0.311 e. The number of hydrogen-bond acceptors (Lipinski definition) is 6. The van der Waals surface area contributed by atoms with E-state index in [-0.39, 0.29) is 11.9 Å². The molecule has 1 aliphatic heterocycles. The van der Waals surface area contributed by atoms with Gasteiger partial charge in [0, 0.05) is 17.3 Å². The predicted octanol–water partition coefficient (Wildman–Crippen LogP) is 4.81. The summed E-state index contributed by atoms with van der Waals surface area (Å²) in [5.74, 6) is -0.290. The first kappa shape index (κ1) is 22.7. The van der Waals surface area contributed by atoms with Crippen molar-refractivity contribution in [3.8, 4) is 22.6 Å². The fourth-order valence-electron chi connectivity index (χ4n) is 3.99. The van der Waals surface area contributed by atoms with Crippen LogP contribution in [0.15, 0.2) is 54.7 Å². The number of ether oxygens (including phenoxy) is 3. The zero-order valence-corrected chi connectivity index (χ0v) is 18.7. The molecule has 0 fully saturated rings. The highest BCUT2D eigenvalue weighted by Crippen LogP contribution is 2.37. The zero-order valence-electron chi connectivity index (χ0n) is 18.7. The molecule has 1 aromatic heterocycles. The summed E-state index contributed by atoms with van der Waals surface area (Å²) >= 11 is 0. The number of hydrogen-bond donors (Lipinski definition) is 1. The Morgan fingerprint density at radius 1 is 1.18 bits per heavy atom. The summed E-state index contributed by atoms with van der Waals surface area (Å²) in [6.45, 7) is 1.62. The molecule has 0 saturated heterocycles. The number of aryl methyl sites for hydroxylation is 1. The van der Waals surface area contributed by atoms with Crippen molar-refractivity contribution >= 4 is 5.97 Å². The fraction of sp³-hybridized carbons (Fsp3) is 0.308. The van der Waals surface area contributed by atoms with Crippen molar-refractivity contribution in [3.05, 3.63) is 77.4 Å². The number of carbonyl (C=O) groups excluding carboxylic acids is 1. The van der Waals surface area contributed by atoms with Crippen LogP contribution in [0.25, 0.3) is 11.1 Å². The third kappa shape index (κ3) is 4.68. The van der Waals surface area contributed by atoms with Crippen molar-refractivity contribution in [2.24, 2.45) is 5.92 Å². The number of aliphatic hydroxyl groups excluding tert-OH is 1. The average molecular weight is 451 g/mol. The van der Waals surface area contributed by atoms with Crippen LogP contribution in [0.1, 0.15) is 42.4 Å². The van der Waals surface area contributed by atoms with Gasteiger partial charge in [0.15, 0.2) is 0 Å². The Balaban J connectivity index is 1.53. The normalized spacial score (nSPS) is 16.8. The van der Waals surface area contributed by atoms with Crippen LogP contribution in [0.2, 0.25) is 0 Å². The number of esters is 1. The molecule has 2 aromatic carbocycles. The SMILES string of the molecule is COC(=O)[C@@H](C)[C@@H](O)c1ccc2c(c1)OC(c1ccc(-c3cc(OC)ccc3F)cn1)CC2. The highest BCUT2D eigenvalue weighted by Gasteiger charge is 2.27. The lowest BCUT2D eigenvalue weighted by molar-refractivity contribution is -0.148. The lowest BCUT2D eigenvalue weighted by Crippen LogP contribution is -2.21. The van der Waals surface area contributed by atoms with Gasteiger partial charge in [-0.15, -0.1) is 0 Å². The maximum absolute atomic E-state index is 14.3. The second-order valence-electron chi connectivity index (χ2n) is 8.09. The number of rotatable bonds is 6. The number of methoxy groups -OCH3 is 2. The van der Waals surface area contributed by atoms with Gasteiger partial charge in [0.2, 0.25) is 0 Å². The van der Waals surface area contributed by atoms with Gasteiger partial charge >= 0.3 is 5.97 Å². The van der Waals surface area contributed by atoms with Gasteiger partial charge in [-0.3, -0.25) is 9.78 Å². The zero-order chi connectivity index (χ0) is 23.5. The quantitative estimate of drug-likeness (QED) is 0.542. The van der Waals surface area contributed by atoms with Crippen molar-refractivity contribution in [3.63, 3.8) is 0 Å². The summed E-state index contributed by atoms with van der Waals surface area (Å²) in [6.07, 6.45) is 1.89. The Hall–Kier alpha value is -3.45. The van der Waals surface area contributed by atoms with Crippen molar-refractivity contribution in [2.75, 3.05) is 14.2 Å². The van der Waals surface area contributed by atoms with E-state index >= 15 is 0 Å². The minimum absolute atomic E-state index is 0.271. The van der Waals surface area contributed by atoms with E-state index < -0.39 is 18.0 Å². The van der Waals surface area contributed by atoms with Crippen LogP contribution in [-0.2, 0) is 16.0 Å². The molecule has 7 heteroatoms. The number of aromatic nitrogens is 1. The minimum Gasteiger partial charge on any atom is -0.497 e. The van der Waals surface area contributed by atoms with Crippen LogP contribution in [0.4, 0.5) is 4.39 Å². The Labute approximate surface area is 192 Å². The molecule has 1 N–H and O–H groups in total. The summed E-state index contributed by atoms with van der Waals surface area (Å²) in [5, 5.41) is 10.6. The standard InChI is InChI=1S/C26H26FNO5/c1-15(26(30)32-3)25(29)17-5-4-16-7-11-23(33-24(16)12-17)22-10-6-18(14-28-22)20-13-19(31-2)8-9-21(20)27/h4-6,8-10,12-15,23,25,29H,7,11H2,1-3H3/t15-,23?,25+/m0/s1. The van der Waals surface area contributed by atoms with Crippen LogP contribution >= 0.6 is 0 Å². The number of pyridine rings is 1. The molecule has 0 radical (unpaired) electrons. The van der Waals surface area contributed by atoms with Crippen LogP contribution in [0.3, 0.4) is 0 Å².